The molecule has 0 unspecified atom stereocenters. The van der Waals surface area contributed by atoms with Crippen molar-refractivity contribution < 1.29 is 9.59 Å². The van der Waals surface area contributed by atoms with Gasteiger partial charge in [0.2, 0.25) is 5.91 Å². The highest BCUT2D eigenvalue weighted by Gasteiger charge is 2.31. The van der Waals surface area contributed by atoms with Crippen molar-refractivity contribution in [2.24, 2.45) is 17.4 Å². The van der Waals surface area contributed by atoms with E-state index in [-0.39, 0.29) is 17.8 Å². The molecule has 0 spiro atoms. The summed E-state index contributed by atoms with van der Waals surface area (Å²) in [6, 6.07) is 9.13. The van der Waals surface area contributed by atoms with Crippen molar-refractivity contribution in [2.45, 2.75) is 32.2 Å². The maximum Gasteiger partial charge on any atom is 0.354 e. The molecule has 1 aromatic carbocycles. The molecule has 2 fully saturated rings. The lowest BCUT2D eigenvalue weighted by Gasteiger charge is -2.37. The van der Waals surface area contributed by atoms with Gasteiger partial charge < -0.3 is 26.2 Å². The number of hydrogen-bond donors (Lipinski definition) is 3. The Morgan fingerprint density at radius 1 is 1.11 bits per heavy atom. The summed E-state index contributed by atoms with van der Waals surface area (Å²) < 4.78 is 1.47. The van der Waals surface area contributed by atoms with Gasteiger partial charge in [-0.25, -0.2) is 9.59 Å². The highest BCUT2D eigenvalue weighted by molar-refractivity contribution is 5.89. The molecule has 0 bridgehead atoms. The van der Waals surface area contributed by atoms with Gasteiger partial charge in [0.1, 0.15) is 5.82 Å². The zero-order valence-electron chi connectivity index (χ0n) is 21.7. The van der Waals surface area contributed by atoms with Crippen LogP contribution in [0.5, 0.6) is 0 Å². The molecule has 37 heavy (non-hydrogen) atoms. The number of amides is 3. The molecule has 1 aromatic heterocycles. The van der Waals surface area contributed by atoms with Crippen molar-refractivity contribution in [3.63, 3.8) is 0 Å². The Kier molecular flexibility index (Phi) is 8.25. The van der Waals surface area contributed by atoms with Crippen molar-refractivity contribution in [2.75, 3.05) is 57.7 Å². The predicted molar refractivity (Wildman–Crippen MR) is 143 cm³/mol. The van der Waals surface area contributed by atoms with Gasteiger partial charge in [0.05, 0.1) is 11.2 Å². The number of nitrogens with two attached hydrogens (primary N) is 2. The van der Waals surface area contributed by atoms with E-state index >= 15 is 0 Å². The van der Waals surface area contributed by atoms with Gasteiger partial charge in [-0.2, -0.15) is 4.98 Å². The number of aromatic nitrogens is 2. The predicted octanol–water partition coefficient (Wildman–Crippen LogP) is 0.469. The van der Waals surface area contributed by atoms with Gasteiger partial charge in [-0.3, -0.25) is 14.7 Å². The van der Waals surface area contributed by atoms with Gasteiger partial charge in [-0.1, -0.05) is 12.1 Å². The first-order chi connectivity index (χ1) is 17.6. The van der Waals surface area contributed by atoms with Crippen LogP contribution in [0.15, 0.2) is 41.3 Å². The molecule has 3 amide bonds. The van der Waals surface area contributed by atoms with Crippen molar-refractivity contribution in [1.82, 2.24) is 24.3 Å². The van der Waals surface area contributed by atoms with Crippen LogP contribution in [0.2, 0.25) is 0 Å². The Morgan fingerprint density at radius 2 is 1.84 bits per heavy atom. The zero-order chi connectivity index (χ0) is 26.6. The third kappa shape index (κ3) is 6.73. The number of rotatable bonds is 7. The van der Waals surface area contributed by atoms with Gasteiger partial charge in [-0.15, -0.1) is 0 Å². The van der Waals surface area contributed by atoms with Crippen molar-refractivity contribution >= 4 is 17.8 Å². The normalized spacial score (nSPS) is 18.8. The summed E-state index contributed by atoms with van der Waals surface area (Å²) in [5.74, 6) is 0.637. The maximum absolute atomic E-state index is 12.8. The number of nitrogens with one attached hydrogen (secondary N) is 1. The Hall–Kier alpha value is -3.28. The molecule has 5 N–H and O–H groups in total. The lowest BCUT2D eigenvalue weighted by molar-refractivity contribution is -0.137. The van der Waals surface area contributed by atoms with E-state index in [1.54, 1.807) is 35.9 Å². The van der Waals surface area contributed by atoms with Crippen LogP contribution in [0.1, 0.15) is 25.8 Å². The van der Waals surface area contributed by atoms with Crippen LogP contribution in [-0.2, 0) is 11.2 Å². The average molecular weight is 511 g/mol. The molecule has 200 valence electrons. The summed E-state index contributed by atoms with van der Waals surface area (Å²) >= 11 is 0. The molecular weight excluding hydrogens is 472 g/mol. The van der Waals surface area contributed by atoms with Crippen LogP contribution < -0.4 is 22.5 Å². The van der Waals surface area contributed by atoms with Crippen LogP contribution in [-0.4, -0.2) is 94.1 Å². The third-order valence-corrected chi connectivity index (χ3v) is 7.05. The molecule has 0 saturated carbocycles. The minimum absolute atomic E-state index is 0.141. The SMILES string of the molecule is CC(C)(N)C(=O)N1CCN(C(=O)Nc2ccn(-c3cccc(CCN4CC[C@@H](CN)C4)c3)c(=O)n2)CC1. The summed E-state index contributed by atoms with van der Waals surface area (Å²) in [5.41, 5.74) is 12.2. The number of carbonyl (C=O) groups is 2. The quantitative estimate of drug-likeness (QED) is 0.491. The largest absolute Gasteiger partial charge is 0.354 e. The van der Waals surface area contributed by atoms with Gasteiger partial charge >= 0.3 is 11.7 Å². The first-order valence-electron chi connectivity index (χ1n) is 12.9. The maximum atomic E-state index is 12.8. The summed E-state index contributed by atoms with van der Waals surface area (Å²) in [4.78, 5) is 47.6. The summed E-state index contributed by atoms with van der Waals surface area (Å²) in [6.07, 6.45) is 3.67. The van der Waals surface area contributed by atoms with E-state index in [0.29, 0.717) is 32.1 Å². The number of likely N-dealkylation sites (tertiary alicyclic amines) is 1. The Morgan fingerprint density at radius 3 is 2.49 bits per heavy atom. The van der Waals surface area contributed by atoms with Crippen LogP contribution in [0, 0.1) is 5.92 Å². The Balaban J connectivity index is 1.33. The number of urea groups is 1. The molecule has 4 rings (SSSR count). The number of carbonyl (C=O) groups excluding carboxylic acids is 2. The minimum atomic E-state index is -0.945. The monoisotopic (exact) mass is 510 g/mol. The van der Waals surface area contributed by atoms with E-state index in [4.69, 9.17) is 11.5 Å². The molecule has 2 aliphatic heterocycles. The molecule has 3 heterocycles. The van der Waals surface area contributed by atoms with E-state index < -0.39 is 11.2 Å². The molecule has 2 aromatic rings. The molecule has 11 nitrogen and oxygen atoms in total. The van der Waals surface area contributed by atoms with E-state index in [1.807, 2.05) is 18.2 Å². The number of anilines is 1. The molecule has 2 aliphatic rings. The van der Waals surface area contributed by atoms with Crippen LogP contribution >= 0.6 is 0 Å². The van der Waals surface area contributed by atoms with Gasteiger partial charge in [0, 0.05) is 45.5 Å². The topological polar surface area (TPSA) is 143 Å². The molecule has 2 saturated heterocycles. The van der Waals surface area contributed by atoms with E-state index in [2.05, 4.69) is 21.3 Å². The standard InChI is InChI=1S/C26H38N8O3/c1-26(2,28)23(35)32-12-14-33(15-13-32)24(36)29-22-8-11-34(25(37)30-22)21-5-3-4-19(16-21)6-9-31-10-7-20(17-27)18-31/h3-5,8,11,16,20H,6-7,9-10,12-15,17-18,27-28H2,1-2H3,(H,29,30,36,37)/t20-/m0/s1. The first kappa shape index (κ1) is 26.8. The summed E-state index contributed by atoms with van der Waals surface area (Å²) in [5, 5.41) is 2.70. The fourth-order valence-electron chi connectivity index (χ4n) is 4.84. The van der Waals surface area contributed by atoms with Gasteiger partial charge in [-0.05, 0) is 69.5 Å². The highest BCUT2D eigenvalue weighted by atomic mass is 16.2. The van der Waals surface area contributed by atoms with Crippen molar-refractivity contribution in [1.29, 1.82) is 0 Å². The van der Waals surface area contributed by atoms with Crippen molar-refractivity contribution in [3.8, 4) is 5.69 Å². The summed E-state index contributed by atoms with van der Waals surface area (Å²) in [6.45, 7) is 8.74. The van der Waals surface area contributed by atoms with Crippen LogP contribution in [0.3, 0.4) is 0 Å². The van der Waals surface area contributed by atoms with E-state index in [9.17, 15) is 14.4 Å². The lowest BCUT2D eigenvalue weighted by Crippen LogP contribution is -2.58. The summed E-state index contributed by atoms with van der Waals surface area (Å²) in [7, 11) is 0. The average Bonchev–Trinajstić information content (AvgIpc) is 3.35. The minimum Gasteiger partial charge on any atom is -0.338 e. The molecule has 0 radical (unpaired) electrons. The number of nitrogens with zero attached hydrogens (tertiary/aromatic N) is 5. The van der Waals surface area contributed by atoms with E-state index in [1.165, 1.54) is 4.57 Å². The first-order valence-corrected chi connectivity index (χ1v) is 12.9. The van der Waals surface area contributed by atoms with Crippen LogP contribution in [0.4, 0.5) is 10.6 Å². The number of piperazine rings is 1. The Bertz CT molecular complexity index is 1170. The van der Waals surface area contributed by atoms with E-state index in [0.717, 1.165) is 50.3 Å². The highest BCUT2D eigenvalue weighted by Crippen LogP contribution is 2.17. The Labute approximate surface area is 217 Å². The zero-order valence-corrected chi connectivity index (χ0v) is 21.7. The smallest absolute Gasteiger partial charge is 0.338 e. The molecular formula is C26H38N8O3. The second-order valence-electron chi connectivity index (χ2n) is 10.5. The fourth-order valence-corrected chi connectivity index (χ4v) is 4.84. The van der Waals surface area contributed by atoms with Crippen LogP contribution in [0.25, 0.3) is 5.69 Å². The molecule has 0 aliphatic carbocycles. The number of hydrogen-bond acceptors (Lipinski definition) is 7. The fraction of sp³-hybridized carbons (Fsp3) is 0.538. The molecule has 11 heteroatoms. The van der Waals surface area contributed by atoms with Gasteiger partial charge in [0.15, 0.2) is 0 Å². The van der Waals surface area contributed by atoms with Crippen molar-refractivity contribution in [3.05, 3.63) is 52.6 Å². The lowest BCUT2D eigenvalue weighted by atomic mass is 10.1. The second-order valence-corrected chi connectivity index (χ2v) is 10.5. The third-order valence-electron chi connectivity index (χ3n) is 7.05. The molecule has 1 atom stereocenters. The van der Waals surface area contributed by atoms with Gasteiger partial charge in [0.25, 0.3) is 0 Å². The second kappa shape index (κ2) is 11.4. The number of benzene rings is 1.